The van der Waals surface area contributed by atoms with Gasteiger partial charge >= 0.3 is 0 Å². The molecule has 0 N–H and O–H groups in total. The molecule has 1 heterocycles. The molecule has 1 aliphatic heterocycles. The Kier molecular flexibility index (Phi) is 3.39. The molecule has 1 unspecified atom stereocenters. The normalized spacial score (nSPS) is 37.6. The van der Waals surface area contributed by atoms with Crippen molar-refractivity contribution in [2.24, 2.45) is 11.8 Å². The zero-order valence-corrected chi connectivity index (χ0v) is 10.9. The van der Waals surface area contributed by atoms with Crippen LogP contribution in [0, 0.1) is 11.8 Å². The lowest BCUT2D eigenvalue weighted by Crippen LogP contribution is -2.45. The molecule has 0 aromatic carbocycles. The molecule has 0 aromatic rings. The molecular formula is C14H27N. The van der Waals surface area contributed by atoms with Crippen molar-refractivity contribution < 1.29 is 0 Å². The average Bonchev–Trinajstić information content (AvgIpc) is 2.56. The van der Waals surface area contributed by atoms with Crippen molar-refractivity contribution in [3.05, 3.63) is 0 Å². The molecule has 2 aliphatic rings. The van der Waals surface area contributed by atoms with Gasteiger partial charge in [-0.2, -0.15) is 0 Å². The molecule has 1 saturated carbocycles. The average molecular weight is 209 g/mol. The molecule has 0 radical (unpaired) electrons. The molecule has 88 valence electrons. The predicted octanol–water partition coefficient (Wildman–Crippen LogP) is 3.68. The lowest BCUT2D eigenvalue weighted by molar-refractivity contribution is 0.0958. The van der Waals surface area contributed by atoms with Crippen molar-refractivity contribution >= 4 is 0 Å². The third kappa shape index (κ3) is 2.08. The van der Waals surface area contributed by atoms with Gasteiger partial charge in [-0.25, -0.2) is 0 Å². The minimum absolute atomic E-state index is 0.741. The van der Waals surface area contributed by atoms with Gasteiger partial charge in [0.25, 0.3) is 0 Å². The van der Waals surface area contributed by atoms with Crippen LogP contribution in [-0.2, 0) is 0 Å². The third-order valence-electron chi connectivity index (χ3n) is 4.54. The summed E-state index contributed by atoms with van der Waals surface area (Å²) in [7, 11) is 0. The summed E-state index contributed by atoms with van der Waals surface area (Å²) >= 11 is 0. The molecule has 0 spiro atoms. The van der Waals surface area contributed by atoms with Gasteiger partial charge in [0, 0.05) is 18.1 Å². The van der Waals surface area contributed by atoms with Crippen LogP contribution < -0.4 is 0 Å². The standard InChI is InChI=1S/C14H27N/c1-10(2)14-9-12-7-5-6-8-13(12)15(14)11(3)4/h10-14H,5-9H2,1-4H3/t12?,13-,14-/m0/s1. The summed E-state index contributed by atoms with van der Waals surface area (Å²) in [5, 5.41) is 0. The third-order valence-corrected chi connectivity index (χ3v) is 4.54. The molecule has 0 amide bonds. The van der Waals surface area contributed by atoms with Crippen LogP contribution in [0.25, 0.3) is 0 Å². The van der Waals surface area contributed by atoms with Gasteiger partial charge in [0.1, 0.15) is 0 Å². The lowest BCUT2D eigenvalue weighted by Gasteiger charge is -2.38. The number of fused-ring (bicyclic) bond motifs is 1. The maximum absolute atomic E-state index is 2.84. The Balaban J connectivity index is 2.14. The summed E-state index contributed by atoms with van der Waals surface area (Å²) in [5.41, 5.74) is 0. The van der Waals surface area contributed by atoms with Gasteiger partial charge in [-0.3, -0.25) is 4.90 Å². The Labute approximate surface area is 95.2 Å². The molecule has 15 heavy (non-hydrogen) atoms. The van der Waals surface area contributed by atoms with E-state index in [-0.39, 0.29) is 0 Å². The van der Waals surface area contributed by atoms with Gasteiger partial charge in [-0.05, 0) is 44.9 Å². The number of nitrogens with zero attached hydrogens (tertiary/aromatic N) is 1. The fourth-order valence-electron chi connectivity index (χ4n) is 3.92. The Hall–Kier alpha value is -0.0400. The number of rotatable bonds is 2. The second-order valence-corrected chi connectivity index (χ2v) is 6.20. The minimum Gasteiger partial charge on any atom is -0.295 e. The first-order valence-electron chi connectivity index (χ1n) is 6.88. The van der Waals surface area contributed by atoms with Gasteiger partial charge in [0.2, 0.25) is 0 Å². The topological polar surface area (TPSA) is 3.24 Å². The largest absolute Gasteiger partial charge is 0.295 e. The van der Waals surface area contributed by atoms with Crippen LogP contribution >= 0.6 is 0 Å². The monoisotopic (exact) mass is 209 g/mol. The summed E-state index contributed by atoms with van der Waals surface area (Å²) in [6, 6.07) is 2.52. The molecular weight excluding hydrogens is 182 g/mol. The first-order valence-corrected chi connectivity index (χ1v) is 6.88. The lowest BCUT2D eigenvalue weighted by atomic mass is 9.84. The number of likely N-dealkylation sites (tertiary alicyclic amines) is 1. The van der Waals surface area contributed by atoms with Crippen molar-refractivity contribution in [2.75, 3.05) is 0 Å². The van der Waals surface area contributed by atoms with Crippen LogP contribution in [0.5, 0.6) is 0 Å². The fourth-order valence-corrected chi connectivity index (χ4v) is 3.92. The summed E-state index contributed by atoms with van der Waals surface area (Å²) in [6.07, 6.45) is 7.39. The van der Waals surface area contributed by atoms with E-state index in [9.17, 15) is 0 Å². The SMILES string of the molecule is CC(C)[C@@H]1CC2CCCC[C@@H]2N1C(C)C. The molecule has 1 aliphatic carbocycles. The van der Waals surface area contributed by atoms with E-state index in [1.165, 1.54) is 32.1 Å². The van der Waals surface area contributed by atoms with Crippen molar-refractivity contribution in [1.29, 1.82) is 0 Å². The molecule has 1 heteroatoms. The van der Waals surface area contributed by atoms with E-state index in [2.05, 4.69) is 32.6 Å². The Morgan fingerprint density at radius 2 is 1.67 bits per heavy atom. The first-order chi connectivity index (χ1) is 7.11. The van der Waals surface area contributed by atoms with Crippen LogP contribution in [0.1, 0.15) is 59.8 Å². The summed E-state index contributed by atoms with van der Waals surface area (Å²) in [4.78, 5) is 2.84. The maximum Gasteiger partial charge on any atom is 0.0130 e. The molecule has 2 fully saturated rings. The van der Waals surface area contributed by atoms with Gasteiger partial charge in [0.05, 0.1) is 0 Å². The second-order valence-electron chi connectivity index (χ2n) is 6.20. The molecule has 3 atom stereocenters. The number of hydrogen-bond donors (Lipinski definition) is 0. The first kappa shape index (κ1) is 11.4. The van der Waals surface area contributed by atoms with Crippen molar-refractivity contribution in [1.82, 2.24) is 4.90 Å². The zero-order chi connectivity index (χ0) is 11.0. The molecule has 1 nitrogen and oxygen atoms in total. The van der Waals surface area contributed by atoms with Crippen molar-refractivity contribution in [2.45, 2.75) is 77.9 Å². The van der Waals surface area contributed by atoms with Crippen LogP contribution in [0.3, 0.4) is 0 Å². The molecule has 0 aromatic heterocycles. The van der Waals surface area contributed by atoms with Crippen LogP contribution in [0.2, 0.25) is 0 Å². The maximum atomic E-state index is 2.84. The van der Waals surface area contributed by atoms with Crippen LogP contribution in [0.4, 0.5) is 0 Å². The Morgan fingerprint density at radius 3 is 2.27 bits per heavy atom. The van der Waals surface area contributed by atoms with E-state index in [0.717, 1.165) is 30.0 Å². The Bertz CT molecular complexity index is 207. The van der Waals surface area contributed by atoms with Gasteiger partial charge in [-0.15, -0.1) is 0 Å². The summed E-state index contributed by atoms with van der Waals surface area (Å²) < 4.78 is 0. The van der Waals surface area contributed by atoms with E-state index in [1.807, 2.05) is 0 Å². The van der Waals surface area contributed by atoms with E-state index in [0.29, 0.717) is 0 Å². The van der Waals surface area contributed by atoms with Crippen LogP contribution in [0.15, 0.2) is 0 Å². The smallest absolute Gasteiger partial charge is 0.0130 e. The van der Waals surface area contributed by atoms with E-state index in [4.69, 9.17) is 0 Å². The van der Waals surface area contributed by atoms with E-state index >= 15 is 0 Å². The molecule has 0 bridgehead atoms. The fraction of sp³-hybridized carbons (Fsp3) is 1.00. The minimum atomic E-state index is 0.741. The summed E-state index contributed by atoms with van der Waals surface area (Å²) in [5.74, 6) is 1.85. The van der Waals surface area contributed by atoms with E-state index in [1.54, 1.807) is 0 Å². The second kappa shape index (κ2) is 4.45. The highest BCUT2D eigenvalue weighted by atomic mass is 15.2. The van der Waals surface area contributed by atoms with Crippen molar-refractivity contribution in [3.8, 4) is 0 Å². The highest BCUT2D eigenvalue weighted by Crippen LogP contribution is 2.42. The Morgan fingerprint density at radius 1 is 1.00 bits per heavy atom. The van der Waals surface area contributed by atoms with Gasteiger partial charge in [-0.1, -0.05) is 26.7 Å². The van der Waals surface area contributed by atoms with E-state index < -0.39 is 0 Å². The summed E-state index contributed by atoms with van der Waals surface area (Å²) in [6.45, 7) is 9.56. The number of hydrogen-bond acceptors (Lipinski definition) is 1. The molecule has 1 saturated heterocycles. The predicted molar refractivity (Wildman–Crippen MR) is 66.0 cm³/mol. The highest BCUT2D eigenvalue weighted by molar-refractivity contribution is 4.97. The zero-order valence-electron chi connectivity index (χ0n) is 10.9. The van der Waals surface area contributed by atoms with Gasteiger partial charge < -0.3 is 0 Å². The van der Waals surface area contributed by atoms with Crippen LogP contribution in [-0.4, -0.2) is 23.0 Å². The molecule has 2 rings (SSSR count). The highest BCUT2D eigenvalue weighted by Gasteiger charge is 2.43. The van der Waals surface area contributed by atoms with Crippen molar-refractivity contribution in [3.63, 3.8) is 0 Å². The van der Waals surface area contributed by atoms with Gasteiger partial charge in [0.15, 0.2) is 0 Å². The quantitative estimate of drug-likeness (QED) is 0.670.